The van der Waals surface area contributed by atoms with E-state index in [1.165, 1.54) is 23.6 Å². The highest BCUT2D eigenvalue weighted by Crippen LogP contribution is 2.55. The second-order valence-electron chi connectivity index (χ2n) is 9.15. The molecule has 1 N–H and O–H groups in total. The van der Waals surface area contributed by atoms with E-state index < -0.39 is 16.1 Å². The van der Waals surface area contributed by atoms with Crippen molar-refractivity contribution in [3.63, 3.8) is 0 Å². The summed E-state index contributed by atoms with van der Waals surface area (Å²) in [6, 6.07) is 5.86. The lowest BCUT2D eigenvalue weighted by molar-refractivity contribution is -0.128. The van der Waals surface area contributed by atoms with Crippen molar-refractivity contribution in [2.24, 2.45) is 17.8 Å². The highest BCUT2D eigenvalue weighted by Gasteiger charge is 2.52. The van der Waals surface area contributed by atoms with E-state index in [1.807, 2.05) is 6.92 Å². The maximum absolute atomic E-state index is 13.3. The zero-order valence-corrected chi connectivity index (χ0v) is 18.1. The van der Waals surface area contributed by atoms with Gasteiger partial charge in [-0.2, -0.15) is 0 Å². The lowest BCUT2D eigenvalue weighted by Gasteiger charge is -2.57. The minimum Gasteiger partial charge on any atom is -0.349 e. The van der Waals surface area contributed by atoms with Crippen molar-refractivity contribution < 1.29 is 13.2 Å². The molecule has 0 saturated heterocycles. The predicted molar refractivity (Wildman–Crippen MR) is 112 cm³/mol. The first kappa shape index (κ1) is 20.0. The van der Waals surface area contributed by atoms with Gasteiger partial charge in [0.2, 0.25) is 15.9 Å². The number of sulfonamides is 1. The Morgan fingerprint density at radius 3 is 2.07 bits per heavy atom. The van der Waals surface area contributed by atoms with E-state index in [0.717, 1.165) is 25.5 Å². The van der Waals surface area contributed by atoms with Crippen LogP contribution in [0.3, 0.4) is 0 Å². The zero-order chi connectivity index (χ0) is 20.1. The summed E-state index contributed by atoms with van der Waals surface area (Å²) in [6.45, 7) is 1.86. The van der Waals surface area contributed by atoms with Gasteiger partial charge >= 0.3 is 0 Å². The highest BCUT2D eigenvalue weighted by atomic mass is 35.5. The minimum absolute atomic E-state index is 0.136. The van der Waals surface area contributed by atoms with Gasteiger partial charge in [-0.15, -0.1) is 0 Å². The Bertz CT molecular complexity index is 818. The number of carbonyl (C=O) groups is 1. The van der Waals surface area contributed by atoms with E-state index in [-0.39, 0.29) is 11.4 Å². The smallest absolute Gasteiger partial charge is 0.244 e. The molecule has 154 valence electrons. The van der Waals surface area contributed by atoms with Gasteiger partial charge in [0.1, 0.15) is 6.04 Å². The predicted octanol–water partition coefficient (Wildman–Crippen LogP) is 3.97. The SMILES string of the molecule is CCC(C(=O)NC12CC3CC(CC(C3)C1)C2)N(c1ccc(Cl)cc1)S(C)(=O)=O. The Labute approximate surface area is 172 Å². The topological polar surface area (TPSA) is 66.5 Å². The number of nitrogens with one attached hydrogen (secondary N) is 1. The molecule has 4 aliphatic carbocycles. The van der Waals surface area contributed by atoms with E-state index in [1.54, 1.807) is 24.3 Å². The molecule has 0 radical (unpaired) electrons. The standard InChI is InChI=1S/C21H29ClN2O3S/c1-3-19(24(28(2,26)27)18-6-4-17(22)5-7-18)20(25)23-21-11-14-8-15(12-21)10-16(9-14)13-21/h4-7,14-16,19H,3,8-13H2,1-2H3,(H,23,25). The number of nitrogens with zero attached hydrogens (tertiary/aromatic N) is 1. The molecule has 4 aliphatic rings. The van der Waals surface area contributed by atoms with Crippen LogP contribution in [0.15, 0.2) is 24.3 Å². The molecule has 0 aliphatic heterocycles. The van der Waals surface area contributed by atoms with Crippen LogP contribution in [0.4, 0.5) is 5.69 Å². The van der Waals surface area contributed by atoms with Crippen LogP contribution in [-0.2, 0) is 14.8 Å². The molecule has 4 fully saturated rings. The average molecular weight is 425 g/mol. The van der Waals surface area contributed by atoms with Gasteiger partial charge in [-0.25, -0.2) is 8.42 Å². The van der Waals surface area contributed by atoms with Gasteiger partial charge in [0.25, 0.3) is 0 Å². The molecule has 7 heteroatoms. The molecule has 0 aromatic heterocycles. The number of amides is 1. The fourth-order valence-corrected chi connectivity index (χ4v) is 7.59. The number of hydrogen-bond donors (Lipinski definition) is 1. The molecular formula is C21H29ClN2O3S. The molecule has 1 amide bonds. The average Bonchev–Trinajstić information content (AvgIpc) is 2.57. The number of carbonyl (C=O) groups excluding carboxylic acids is 1. The number of rotatable bonds is 6. The van der Waals surface area contributed by atoms with E-state index in [9.17, 15) is 13.2 Å². The van der Waals surface area contributed by atoms with Crippen molar-refractivity contribution in [2.75, 3.05) is 10.6 Å². The van der Waals surface area contributed by atoms with Crippen LogP contribution in [0.2, 0.25) is 5.02 Å². The first-order valence-corrected chi connectivity index (χ1v) is 12.5. The van der Waals surface area contributed by atoms with Gasteiger partial charge in [-0.1, -0.05) is 18.5 Å². The molecule has 4 bridgehead atoms. The summed E-state index contributed by atoms with van der Waals surface area (Å²) >= 11 is 5.96. The second kappa shape index (κ2) is 7.21. The number of benzene rings is 1. The summed E-state index contributed by atoms with van der Waals surface area (Å²) in [7, 11) is -3.62. The van der Waals surface area contributed by atoms with E-state index in [4.69, 9.17) is 11.6 Å². The van der Waals surface area contributed by atoms with Crippen LogP contribution in [-0.4, -0.2) is 32.2 Å². The first-order chi connectivity index (χ1) is 13.2. The molecule has 1 atom stereocenters. The summed E-state index contributed by atoms with van der Waals surface area (Å²) in [5.74, 6) is 1.97. The van der Waals surface area contributed by atoms with Gasteiger partial charge < -0.3 is 5.32 Å². The fraction of sp³-hybridized carbons (Fsp3) is 0.667. The molecule has 1 unspecified atom stereocenters. The Morgan fingerprint density at radius 2 is 1.64 bits per heavy atom. The Kier molecular flexibility index (Phi) is 5.15. The summed E-state index contributed by atoms with van der Waals surface area (Å²) < 4.78 is 26.4. The molecule has 0 heterocycles. The largest absolute Gasteiger partial charge is 0.349 e. The third-order valence-corrected chi connectivity index (χ3v) is 8.27. The summed E-state index contributed by atoms with van der Waals surface area (Å²) in [5.41, 5.74) is 0.335. The molecule has 5 nitrogen and oxygen atoms in total. The Morgan fingerprint density at radius 1 is 1.14 bits per heavy atom. The Hall–Kier alpha value is -1.27. The molecule has 4 saturated carbocycles. The molecule has 1 aromatic carbocycles. The summed E-state index contributed by atoms with van der Waals surface area (Å²) in [6.07, 6.45) is 8.59. The van der Waals surface area contributed by atoms with Gasteiger partial charge in [-0.3, -0.25) is 9.10 Å². The highest BCUT2D eigenvalue weighted by molar-refractivity contribution is 7.92. The number of anilines is 1. The van der Waals surface area contributed by atoms with E-state index >= 15 is 0 Å². The van der Waals surface area contributed by atoms with Crippen molar-refractivity contribution in [3.8, 4) is 0 Å². The van der Waals surface area contributed by atoms with Crippen LogP contribution >= 0.6 is 11.6 Å². The number of halogens is 1. The number of hydrogen-bond acceptors (Lipinski definition) is 3. The fourth-order valence-electron chi connectivity index (χ4n) is 6.26. The van der Waals surface area contributed by atoms with Gasteiger partial charge in [0.15, 0.2) is 0 Å². The van der Waals surface area contributed by atoms with E-state index in [2.05, 4.69) is 5.32 Å². The summed E-state index contributed by atoms with van der Waals surface area (Å²) in [5, 5.41) is 3.87. The maximum atomic E-state index is 13.3. The molecule has 1 aromatic rings. The van der Waals surface area contributed by atoms with Crippen LogP contribution in [0, 0.1) is 17.8 Å². The van der Waals surface area contributed by atoms with Crippen molar-refractivity contribution >= 4 is 33.2 Å². The molecule has 0 spiro atoms. The maximum Gasteiger partial charge on any atom is 0.244 e. The van der Waals surface area contributed by atoms with Crippen molar-refractivity contribution in [3.05, 3.63) is 29.3 Å². The van der Waals surface area contributed by atoms with Gasteiger partial charge in [0, 0.05) is 10.6 Å². The molecular weight excluding hydrogens is 396 g/mol. The normalized spacial score (nSPS) is 32.2. The van der Waals surface area contributed by atoms with Crippen LogP contribution in [0.5, 0.6) is 0 Å². The van der Waals surface area contributed by atoms with Gasteiger partial charge in [-0.05, 0) is 87.0 Å². The summed E-state index contributed by atoms with van der Waals surface area (Å²) in [4.78, 5) is 13.3. The van der Waals surface area contributed by atoms with Crippen molar-refractivity contribution in [1.82, 2.24) is 5.32 Å². The molecule has 5 rings (SSSR count). The van der Waals surface area contributed by atoms with Crippen molar-refractivity contribution in [1.29, 1.82) is 0 Å². The minimum atomic E-state index is -3.62. The van der Waals surface area contributed by atoms with Crippen LogP contribution < -0.4 is 9.62 Å². The monoisotopic (exact) mass is 424 g/mol. The quantitative estimate of drug-likeness (QED) is 0.751. The van der Waals surface area contributed by atoms with E-state index in [0.29, 0.717) is 34.9 Å². The van der Waals surface area contributed by atoms with Crippen molar-refractivity contribution in [2.45, 2.75) is 63.5 Å². The molecule has 28 heavy (non-hydrogen) atoms. The lowest BCUT2D eigenvalue weighted by atomic mass is 9.53. The van der Waals surface area contributed by atoms with Crippen LogP contribution in [0.25, 0.3) is 0 Å². The third-order valence-electron chi connectivity index (χ3n) is 6.84. The zero-order valence-electron chi connectivity index (χ0n) is 16.5. The Balaban J connectivity index is 1.59. The second-order valence-corrected chi connectivity index (χ2v) is 11.4. The third kappa shape index (κ3) is 3.78. The first-order valence-electron chi connectivity index (χ1n) is 10.3. The van der Waals surface area contributed by atoms with Crippen LogP contribution in [0.1, 0.15) is 51.9 Å². The van der Waals surface area contributed by atoms with Gasteiger partial charge in [0.05, 0.1) is 11.9 Å². The lowest BCUT2D eigenvalue weighted by Crippen LogP contribution is -2.63.